The largest absolute Gasteiger partial charge is 0.465 e. The zero-order chi connectivity index (χ0) is 20.6. The summed E-state index contributed by atoms with van der Waals surface area (Å²) in [5, 5.41) is 0. The Kier molecular flexibility index (Phi) is 5.19. The second kappa shape index (κ2) is 7.65. The number of benzene rings is 2. The van der Waals surface area contributed by atoms with Crippen molar-refractivity contribution in [2.75, 3.05) is 6.61 Å². The molecule has 2 N–H and O–H groups in total. The molecule has 0 aliphatic heterocycles. The highest BCUT2D eigenvalue weighted by atomic mass is 35.5. The molecule has 0 radical (unpaired) electrons. The number of rotatable bonds is 6. The molecule has 148 valence electrons. The van der Waals surface area contributed by atoms with E-state index in [4.69, 9.17) is 22.1 Å². The maximum Gasteiger partial charge on any atom is 0.316 e. The molecular weight excluding hydrogens is 406 g/mol. The fourth-order valence-electron chi connectivity index (χ4n) is 3.65. The lowest BCUT2D eigenvalue weighted by Gasteiger charge is -2.18. The molecule has 1 amide bonds. The van der Waals surface area contributed by atoms with Crippen LogP contribution < -0.4 is 5.73 Å². The van der Waals surface area contributed by atoms with Gasteiger partial charge in [-0.25, -0.2) is 0 Å². The van der Waals surface area contributed by atoms with Crippen LogP contribution in [0.2, 0.25) is 4.34 Å². The Bertz CT molecular complexity index is 1090. The van der Waals surface area contributed by atoms with Gasteiger partial charge < -0.3 is 10.5 Å². The minimum atomic E-state index is -0.603. The van der Waals surface area contributed by atoms with Crippen LogP contribution in [0.3, 0.4) is 0 Å². The molecule has 1 heterocycles. The Hall–Kier alpha value is -2.63. The zero-order valence-corrected chi connectivity index (χ0v) is 17.5. The number of thiophene rings is 1. The van der Waals surface area contributed by atoms with E-state index in [-0.39, 0.29) is 5.97 Å². The van der Waals surface area contributed by atoms with Crippen LogP contribution in [-0.4, -0.2) is 18.5 Å². The Labute approximate surface area is 178 Å². The van der Waals surface area contributed by atoms with Crippen molar-refractivity contribution in [3.05, 3.63) is 70.1 Å². The summed E-state index contributed by atoms with van der Waals surface area (Å²) in [7, 11) is 0. The van der Waals surface area contributed by atoms with Crippen molar-refractivity contribution < 1.29 is 14.3 Å². The molecule has 0 unspecified atom stereocenters. The first kappa shape index (κ1) is 19.7. The van der Waals surface area contributed by atoms with E-state index in [0.29, 0.717) is 21.4 Å². The second-order valence-corrected chi connectivity index (χ2v) is 8.77. The lowest BCUT2D eigenvalue weighted by Crippen LogP contribution is -2.23. The smallest absolute Gasteiger partial charge is 0.316 e. The molecule has 1 fully saturated rings. The minimum absolute atomic E-state index is 0.197. The molecule has 6 heteroatoms. The SMILES string of the molecule is CCOC(=O)C1(c2ccc(-c3ccccc3)c(-c3sc(Cl)cc3C(N)=O)c2)CC1. The van der Waals surface area contributed by atoms with Crippen molar-refractivity contribution in [1.82, 2.24) is 0 Å². The molecule has 4 nitrogen and oxygen atoms in total. The molecule has 0 saturated heterocycles. The van der Waals surface area contributed by atoms with Crippen molar-refractivity contribution in [3.8, 4) is 21.6 Å². The highest BCUT2D eigenvalue weighted by Crippen LogP contribution is 2.51. The monoisotopic (exact) mass is 425 g/mol. The van der Waals surface area contributed by atoms with Gasteiger partial charge in [-0.3, -0.25) is 9.59 Å². The number of hydrogen-bond acceptors (Lipinski definition) is 4. The lowest BCUT2D eigenvalue weighted by atomic mass is 9.89. The molecule has 0 bridgehead atoms. The molecule has 4 rings (SSSR count). The van der Waals surface area contributed by atoms with Crippen LogP contribution in [-0.2, 0) is 14.9 Å². The molecule has 0 spiro atoms. The number of ether oxygens (including phenoxy) is 1. The molecule has 0 atom stereocenters. The number of nitrogens with two attached hydrogens (primary N) is 1. The van der Waals surface area contributed by atoms with Gasteiger partial charge in [-0.15, -0.1) is 11.3 Å². The second-order valence-electron chi connectivity index (χ2n) is 7.09. The standard InChI is InChI=1S/C23H20ClNO3S/c1-2-28-22(27)23(10-11-23)15-8-9-16(14-6-4-3-5-7-14)17(12-15)20-18(21(25)26)13-19(24)29-20/h3-9,12-13H,2,10-11H2,1H3,(H2,25,26). The first-order valence-electron chi connectivity index (χ1n) is 9.43. The third-order valence-corrected chi connectivity index (χ3v) is 6.58. The molecule has 3 aromatic rings. The summed E-state index contributed by atoms with van der Waals surface area (Å²) in [5.41, 5.74) is 9.09. The Morgan fingerprint density at radius 2 is 1.83 bits per heavy atom. The van der Waals surface area contributed by atoms with Crippen LogP contribution in [0.1, 0.15) is 35.7 Å². The third-order valence-electron chi connectivity index (χ3n) is 5.29. The van der Waals surface area contributed by atoms with Crippen LogP contribution >= 0.6 is 22.9 Å². The highest BCUT2D eigenvalue weighted by Gasteiger charge is 2.53. The Morgan fingerprint density at radius 3 is 2.45 bits per heavy atom. The van der Waals surface area contributed by atoms with Crippen LogP contribution in [0.4, 0.5) is 0 Å². The average molecular weight is 426 g/mol. The lowest BCUT2D eigenvalue weighted by molar-refractivity contribution is -0.146. The summed E-state index contributed by atoms with van der Waals surface area (Å²) in [6.07, 6.45) is 1.51. The number of amides is 1. The van der Waals surface area contributed by atoms with Crippen molar-refractivity contribution in [2.45, 2.75) is 25.2 Å². The van der Waals surface area contributed by atoms with E-state index in [2.05, 4.69) is 0 Å². The number of hydrogen-bond donors (Lipinski definition) is 1. The van der Waals surface area contributed by atoms with Crippen molar-refractivity contribution in [2.24, 2.45) is 5.73 Å². The quantitative estimate of drug-likeness (QED) is 0.535. The van der Waals surface area contributed by atoms with Crippen molar-refractivity contribution in [3.63, 3.8) is 0 Å². The Morgan fingerprint density at radius 1 is 1.10 bits per heavy atom. The van der Waals surface area contributed by atoms with E-state index in [0.717, 1.165) is 35.1 Å². The molecule has 29 heavy (non-hydrogen) atoms. The van der Waals surface area contributed by atoms with Crippen molar-refractivity contribution >= 4 is 34.8 Å². The fraction of sp³-hybridized carbons (Fsp3) is 0.217. The molecule has 1 aromatic heterocycles. The van der Waals surface area contributed by atoms with Gasteiger partial charge in [-0.1, -0.05) is 54.1 Å². The van der Waals surface area contributed by atoms with Gasteiger partial charge in [0.1, 0.15) is 0 Å². The Balaban J connectivity index is 1.92. The van der Waals surface area contributed by atoms with E-state index in [1.165, 1.54) is 11.3 Å². The average Bonchev–Trinajstić information content (AvgIpc) is 3.44. The van der Waals surface area contributed by atoms with Gasteiger partial charge in [0.2, 0.25) is 5.91 Å². The first-order chi connectivity index (χ1) is 14.0. The van der Waals surface area contributed by atoms with Gasteiger partial charge in [0.15, 0.2) is 0 Å². The summed E-state index contributed by atoms with van der Waals surface area (Å²) in [6.45, 7) is 2.16. The third kappa shape index (κ3) is 3.56. The molecule has 1 saturated carbocycles. The van der Waals surface area contributed by atoms with E-state index in [9.17, 15) is 9.59 Å². The number of carbonyl (C=O) groups excluding carboxylic acids is 2. The zero-order valence-electron chi connectivity index (χ0n) is 15.9. The number of carbonyl (C=O) groups is 2. The van der Waals surface area contributed by atoms with E-state index < -0.39 is 11.3 Å². The normalized spacial score (nSPS) is 14.4. The molecule has 1 aliphatic rings. The fourth-order valence-corrected chi connectivity index (χ4v) is 4.91. The summed E-state index contributed by atoms with van der Waals surface area (Å²) < 4.78 is 5.81. The van der Waals surface area contributed by atoms with Gasteiger partial charge in [0.25, 0.3) is 0 Å². The van der Waals surface area contributed by atoms with E-state index in [1.807, 2.05) is 55.5 Å². The van der Waals surface area contributed by atoms with Crippen LogP contribution in [0.5, 0.6) is 0 Å². The van der Waals surface area contributed by atoms with E-state index in [1.54, 1.807) is 6.07 Å². The maximum atomic E-state index is 12.6. The van der Waals surface area contributed by atoms with E-state index >= 15 is 0 Å². The van der Waals surface area contributed by atoms with Crippen molar-refractivity contribution in [1.29, 1.82) is 0 Å². The van der Waals surface area contributed by atoms with Gasteiger partial charge in [-0.2, -0.15) is 0 Å². The minimum Gasteiger partial charge on any atom is -0.465 e. The predicted octanol–water partition coefficient (Wildman–Crippen LogP) is 5.43. The molecule has 1 aliphatic carbocycles. The predicted molar refractivity (Wildman–Crippen MR) is 116 cm³/mol. The topological polar surface area (TPSA) is 69.4 Å². The molecular formula is C23H20ClNO3S. The van der Waals surface area contributed by atoms with Gasteiger partial charge in [0, 0.05) is 10.4 Å². The number of esters is 1. The summed E-state index contributed by atoms with van der Waals surface area (Å²) in [5.74, 6) is -0.725. The van der Waals surface area contributed by atoms with Crippen LogP contribution in [0.15, 0.2) is 54.6 Å². The van der Waals surface area contributed by atoms with Crippen LogP contribution in [0.25, 0.3) is 21.6 Å². The van der Waals surface area contributed by atoms with Gasteiger partial charge in [0.05, 0.1) is 21.9 Å². The van der Waals surface area contributed by atoms with Gasteiger partial charge >= 0.3 is 5.97 Å². The van der Waals surface area contributed by atoms with Gasteiger partial charge in [-0.05, 0) is 48.6 Å². The maximum absolute atomic E-state index is 12.6. The van der Waals surface area contributed by atoms with Crippen LogP contribution in [0, 0.1) is 0 Å². The number of halogens is 1. The highest BCUT2D eigenvalue weighted by molar-refractivity contribution is 7.19. The summed E-state index contributed by atoms with van der Waals surface area (Å²) >= 11 is 7.54. The first-order valence-corrected chi connectivity index (χ1v) is 10.6. The molecule has 2 aromatic carbocycles. The number of primary amides is 1. The summed E-state index contributed by atoms with van der Waals surface area (Å²) in [4.78, 5) is 25.3. The summed E-state index contributed by atoms with van der Waals surface area (Å²) in [6, 6.07) is 17.5.